The summed E-state index contributed by atoms with van der Waals surface area (Å²) in [6, 6.07) is 23.9. The third kappa shape index (κ3) is 5.97. The molecular weight excluding hydrogens is 456 g/mol. The van der Waals surface area contributed by atoms with Crippen LogP contribution in [0.5, 0.6) is 23.0 Å². The smallest absolute Gasteiger partial charge is 0.349 e. The Kier molecular flexibility index (Phi) is 8.09. The zero-order chi connectivity index (χ0) is 25.3. The number of hydrogen-bond acceptors (Lipinski definition) is 7. The number of carbonyl (C=O) groups excluding carboxylic acids is 1. The first kappa shape index (κ1) is 24.7. The van der Waals surface area contributed by atoms with Crippen LogP contribution in [0.15, 0.2) is 84.3 Å². The number of hydrogen-bond donors (Lipinski definition) is 1. The van der Waals surface area contributed by atoms with Gasteiger partial charge in [-0.2, -0.15) is 5.26 Å². The van der Waals surface area contributed by atoms with Gasteiger partial charge in [0.05, 0.1) is 12.5 Å². The summed E-state index contributed by atoms with van der Waals surface area (Å²) in [4.78, 5) is 12.3. The molecule has 7 heteroatoms. The summed E-state index contributed by atoms with van der Waals surface area (Å²) in [7, 11) is 0. The Hall–Kier alpha value is -4.44. The van der Waals surface area contributed by atoms with Crippen LogP contribution in [-0.2, 0) is 4.79 Å². The predicted octanol–water partition coefficient (Wildman–Crippen LogP) is 5.46. The van der Waals surface area contributed by atoms with Gasteiger partial charge in [-0.15, -0.1) is 0 Å². The molecule has 1 aliphatic heterocycles. The Morgan fingerprint density at radius 3 is 2.56 bits per heavy atom. The number of ether oxygens (including phenoxy) is 4. The normalized spacial score (nSPS) is 14.3. The largest absolute Gasteiger partial charge is 0.494 e. The maximum absolute atomic E-state index is 12.3. The van der Waals surface area contributed by atoms with Crippen molar-refractivity contribution in [3.63, 3.8) is 0 Å². The number of esters is 1. The van der Waals surface area contributed by atoms with Crippen molar-refractivity contribution in [2.75, 3.05) is 13.2 Å². The summed E-state index contributed by atoms with van der Waals surface area (Å²) in [5.41, 5.74) is 8.03. The molecule has 1 atom stereocenters. The van der Waals surface area contributed by atoms with E-state index in [1.54, 1.807) is 30.3 Å². The predicted molar refractivity (Wildman–Crippen MR) is 135 cm³/mol. The van der Waals surface area contributed by atoms with Crippen LogP contribution in [0, 0.1) is 11.3 Å². The van der Waals surface area contributed by atoms with Gasteiger partial charge in [-0.3, -0.25) is 0 Å². The molecule has 0 amide bonds. The average molecular weight is 485 g/mol. The Morgan fingerprint density at radius 2 is 1.78 bits per heavy atom. The Bertz CT molecular complexity index is 1280. The molecule has 0 saturated carbocycles. The van der Waals surface area contributed by atoms with Gasteiger partial charge in [-0.05, 0) is 42.3 Å². The molecule has 1 aliphatic rings. The van der Waals surface area contributed by atoms with Crippen LogP contribution < -0.4 is 24.7 Å². The second-order valence-electron chi connectivity index (χ2n) is 8.33. The molecule has 0 radical (unpaired) electrons. The van der Waals surface area contributed by atoms with Gasteiger partial charge in [-0.25, -0.2) is 4.79 Å². The van der Waals surface area contributed by atoms with Crippen LogP contribution in [0.25, 0.3) is 0 Å². The van der Waals surface area contributed by atoms with E-state index >= 15 is 0 Å². The van der Waals surface area contributed by atoms with E-state index in [-0.39, 0.29) is 18.2 Å². The van der Waals surface area contributed by atoms with Gasteiger partial charge < -0.3 is 24.7 Å². The fourth-order valence-electron chi connectivity index (χ4n) is 3.99. The van der Waals surface area contributed by atoms with Gasteiger partial charge in [0.25, 0.3) is 0 Å². The number of allylic oxidation sites excluding steroid dienone is 1. The zero-order valence-electron chi connectivity index (χ0n) is 20.1. The van der Waals surface area contributed by atoms with E-state index < -0.39 is 11.9 Å². The van der Waals surface area contributed by atoms with Crippen molar-refractivity contribution in [1.82, 2.24) is 0 Å². The van der Waals surface area contributed by atoms with Crippen molar-refractivity contribution in [1.29, 1.82) is 5.26 Å². The first-order chi connectivity index (χ1) is 17.6. The first-order valence-corrected chi connectivity index (χ1v) is 11.9. The van der Waals surface area contributed by atoms with Crippen molar-refractivity contribution in [2.45, 2.75) is 32.1 Å². The van der Waals surface area contributed by atoms with Crippen molar-refractivity contribution >= 4 is 5.97 Å². The molecule has 3 aromatic rings. The number of nitriles is 1. The molecule has 0 bridgehead atoms. The maximum Gasteiger partial charge on any atom is 0.349 e. The molecule has 0 saturated heterocycles. The molecule has 0 spiro atoms. The third-order valence-corrected chi connectivity index (χ3v) is 5.73. The molecule has 0 aromatic heterocycles. The molecule has 184 valence electrons. The number of nitrogens with zero attached hydrogens (tertiary/aromatic N) is 1. The lowest BCUT2D eigenvalue weighted by molar-refractivity contribution is -0.136. The van der Waals surface area contributed by atoms with Gasteiger partial charge in [0.1, 0.15) is 34.6 Å². The van der Waals surface area contributed by atoms with Crippen LogP contribution in [0.2, 0.25) is 0 Å². The maximum atomic E-state index is 12.3. The number of benzene rings is 3. The number of carbonyl (C=O) groups is 1. The number of para-hydroxylation sites is 1. The second-order valence-corrected chi connectivity index (χ2v) is 8.33. The van der Waals surface area contributed by atoms with E-state index in [0.29, 0.717) is 23.7 Å². The van der Waals surface area contributed by atoms with Crippen LogP contribution in [0.3, 0.4) is 0 Å². The van der Waals surface area contributed by atoms with E-state index in [0.717, 1.165) is 36.1 Å². The minimum absolute atomic E-state index is 0.0140. The number of unbranched alkanes of at least 4 members (excludes halogenated alkanes) is 2. The molecule has 3 aromatic carbocycles. The zero-order valence-corrected chi connectivity index (χ0v) is 20.1. The van der Waals surface area contributed by atoms with Crippen LogP contribution >= 0.6 is 0 Å². The van der Waals surface area contributed by atoms with E-state index in [1.807, 2.05) is 42.5 Å². The first-order valence-electron chi connectivity index (χ1n) is 11.9. The number of nitrogens with two attached hydrogens (primary N) is 1. The summed E-state index contributed by atoms with van der Waals surface area (Å²) in [6.45, 7) is 2.54. The molecule has 36 heavy (non-hydrogen) atoms. The minimum Gasteiger partial charge on any atom is -0.494 e. The minimum atomic E-state index is -0.555. The quantitative estimate of drug-likeness (QED) is 0.232. The highest BCUT2D eigenvalue weighted by Crippen LogP contribution is 2.44. The number of rotatable bonds is 10. The Morgan fingerprint density at radius 1 is 0.972 bits per heavy atom. The van der Waals surface area contributed by atoms with E-state index in [4.69, 9.17) is 24.7 Å². The highest BCUT2D eigenvalue weighted by atomic mass is 16.6. The Balaban J connectivity index is 1.52. The molecule has 1 heterocycles. The van der Waals surface area contributed by atoms with Crippen LogP contribution in [0.1, 0.15) is 43.2 Å². The summed E-state index contributed by atoms with van der Waals surface area (Å²) in [5.74, 6) is 1.03. The van der Waals surface area contributed by atoms with Gasteiger partial charge in [0, 0.05) is 11.6 Å². The molecule has 4 rings (SSSR count). The summed E-state index contributed by atoms with van der Waals surface area (Å²) < 4.78 is 22.5. The highest BCUT2D eigenvalue weighted by molar-refractivity contribution is 5.74. The topological polar surface area (TPSA) is 104 Å². The van der Waals surface area contributed by atoms with Crippen molar-refractivity contribution in [2.24, 2.45) is 5.73 Å². The van der Waals surface area contributed by atoms with Crippen molar-refractivity contribution < 1.29 is 23.7 Å². The Labute approximate surface area is 210 Å². The van der Waals surface area contributed by atoms with Crippen LogP contribution in [0.4, 0.5) is 0 Å². The lowest BCUT2D eigenvalue weighted by atomic mass is 9.83. The van der Waals surface area contributed by atoms with E-state index in [2.05, 4.69) is 13.0 Å². The average Bonchev–Trinajstić information content (AvgIpc) is 2.90. The summed E-state index contributed by atoms with van der Waals surface area (Å²) >= 11 is 0. The molecule has 2 N–H and O–H groups in total. The molecule has 0 aliphatic carbocycles. The van der Waals surface area contributed by atoms with Gasteiger partial charge in [-0.1, -0.05) is 56.2 Å². The van der Waals surface area contributed by atoms with Gasteiger partial charge in [0.15, 0.2) is 6.61 Å². The fraction of sp³-hybridized carbons (Fsp3) is 0.241. The fourth-order valence-corrected chi connectivity index (χ4v) is 3.99. The van der Waals surface area contributed by atoms with Crippen molar-refractivity contribution in [3.8, 4) is 29.1 Å². The van der Waals surface area contributed by atoms with Gasteiger partial charge in [0.2, 0.25) is 5.88 Å². The summed E-state index contributed by atoms with van der Waals surface area (Å²) in [6.07, 6.45) is 3.21. The lowest BCUT2D eigenvalue weighted by Gasteiger charge is -2.27. The van der Waals surface area contributed by atoms with Crippen LogP contribution in [-0.4, -0.2) is 19.2 Å². The van der Waals surface area contributed by atoms with E-state index in [1.165, 1.54) is 0 Å². The molecular formula is C29H28N2O5. The standard InChI is InChI=1S/C29H28N2O5/c1-2-3-7-15-33-22-12-8-9-20(16-22)28-24-14-13-23(17-26(24)36-29(31)25(28)18-30)35-27(32)19-34-21-10-5-4-6-11-21/h4-6,8-14,16-17,28H,2-3,7,15,19,31H2,1H3. The van der Waals surface area contributed by atoms with Gasteiger partial charge >= 0.3 is 5.97 Å². The molecule has 1 unspecified atom stereocenters. The molecule has 7 nitrogen and oxygen atoms in total. The lowest BCUT2D eigenvalue weighted by Crippen LogP contribution is -2.21. The summed E-state index contributed by atoms with van der Waals surface area (Å²) in [5, 5.41) is 9.83. The van der Waals surface area contributed by atoms with Crippen molar-refractivity contribution in [3.05, 3.63) is 95.4 Å². The number of fused-ring (bicyclic) bond motifs is 1. The monoisotopic (exact) mass is 484 g/mol. The second kappa shape index (κ2) is 11.8. The van der Waals surface area contributed by atoms with E-state index in [9.17, 15) is 10.1 Å². The molecule has 0 fully saturated rings. The highest BCUT2D eigenvalue weighted by Gasteiger charge is 2.31. The third-order valence-electron chi connectivity index (χ3n) is 5.73. The SMILES string of the molecule is CCCCCOc1cccc(C2C(C#N)=C(N)Oc3cc(OC(=O)COc4ccccc4)ccc32)c1.